The van der Waals surface area contributed by atoms with Crippen molar-refractivity contribution in [3.05, 3.63) is 11.1 Å². The molecule has 0 bridgehead atoms. The van der Waals surface area contributed by atoms with Gasteiger partial charge >= 0.3 is 11.9 Å². The number of nitrogens with one attached hydrogen (secondary N) is 1. The van der Waals surface area contributed by atoms with Crippen molar-refractivity contribution in [2.24, 2.45) is 56.2 Å². The van der Waals surface area contributed by atoms with E-state index >= 15 is 0 Å². The number of carbonyl (C=O) groups is 3. The van der Waals surface area contributed by atoms with Crippen molar-refractivity contribution in [2.75, 3.05) is 13.6 Å². The number of fused-ring (bicyclic) bond motifs is 7. The lowest BCUT2D eigenvalue weighted by Crippen LogP contribution is -2.66. The monoisotopic (exact) mass is 684 g/mol. The molecular formula is C42H69NO6. The van der Waals surface area contributed by atoms with Gasteiger partial charge in [-0.1, -0.05) is 54.0 Å². The molecule has 0 unspecified atom stereocenters. The standard InChI is InChI=1S/C42H69NO6/c1-25(2)33-27(44)22-42(30(45)24-43-13)21-20-40(11)26(34(33)42)14-15-29-39(10)18-17-31(38(8,9)28(39)16-19-41(29,40)12)48-32(46)23-37(6,7)35(47)49-36(3,4)5/h25-26,28-31,43,45H,14-24H2,1-13H3/t26-,28+,29-,30+,31+,39+,40-,41-,42+/m1/s1. The van der Waals surface area contributed by atoms with Crippen molar-refractivity contribution < 1.29 is 29.0 Å². The van der Waals surface area contributed by atoms with E-state index in [1.165, 1.54) is 5.57 Å². The third-order valence-corrected chi connectivity index (χ3v) is 15.3. The van der Waals surface area contributed by atoms with Crippen LogP contribution in [0, 0.1) is 56.2 Å². The Kier molecular flexibility index (Phi) is 9.78. The summed E-state index contributed by atoms with van der Waals surface area (Å²) in [6.07, 6.45) is 7.80. The maximum atomic E-state index is 13.8. The Morgan fingerprint density at radius 2 is 1.55 bits per heavy atom. The molecule has 0 saturated heterocycles. The van der Waals surface area contributed by atoms with Gasteiger partial charge in [0.2, 0.25) is 0 Å². The van der Waals surface area contributed by atoms with Crippen LogP contribution in [0.3, 0.4) is 0 Å². The number of ketones is 1. The Bertz CT molecular complexity index is 1370. The number of aliphatic hydroxyl groups is 1. The molecule has 5 rings (SSSR count). The summed E-state index contributed by atoms with van der Waals surface area (Å²) in [4.78, 5) is 40.1. The summed E-state index contributed by atoms with van der Waals surface area (Å²) in [6.45, 7) is 26.2. The van der Waals surface area contributed by atoms with Gasteiger partial charge in [0.05, 0.1) is 17.9 Å². The molecule has 5 aliphatic carbocycles. The molecule has 2 N–H and O–H groups in total. The Morgan fingerprint density at radius 1 is 0.898 bits per heavy atom. The van der Waals surface area contributed by atoms with Gasteiger partial charge < -0.3 is 19.9 Å². The molecule has 5 aliphatic rings. The number of rotatable bonds is 8. The molecule has 0 aliphatic heterocycles. The second kappa shape index (κ2) is 12.5. The molecule has 0 aromatic rings. The van der Waals surface area contributed by atoms with Crippen LogP contribution in [0.25, 0.3) is 0 Å². The molecule has 278 valence electrons. The highest BCUT2D eigenvalue weighted by Gasteiger charge is 2.70. The smallest absolute Gasteiger partial charge is 0.312 e. The topological polar surface area (TPSA) is 102 Å². The first-order chi connectivity index (χ1) is 22.4. The first-order valence-corrected chi connectivity index (χ1v) is 19.4. The predicted octanol–water partition coefficient (Wildman–Crippen LogP) is 8.22. The Hall–Kier alpha value is -1.73. The van der Waals surface area contributed by atoms with Gasteiger partial charge in [-0.05, 0) is 139 Å². The minimum absolute atomic E-state index is 0.00189. The molecular weight excluding hydrogens is 614 g/mol. The lowest BCUT2D eigenvalue weighted by molar-refractivity contribution is -0.235. The molecule has 0 radical (unpaired) electrons. The van der Waals surface area contributed by atoms with Crippen LogP contribution >= 0.6 is 0 Å². The average molecular weight is 684 g/mol. The molecule has 0 spiro atoms. The van der Waals surface area contributed by atoms with E-state index in [4.69, 9.17) is 9.47 Å². The molecule has 0 aromatic carbocycles. The van der Waals surface area contributed by atoms with Crippen LogP contribution in [0.5, 0.6) is 0 Å². The van der Waals surface area contributed by atoms with Gasteiger partial charge in [0.1, 0.15) is 11.7 Å². The van der Waals surface area contributed by atoms with Crippen molar-refractivity contribution in [3.8, 4) is 0 Å². The minimum Gasteiger partial charge on any atom is -0.462 e. The first-order valence-electron chi connectivity index (χ1n) is 19.4. The molecule has 0 heterocycles. The number of ether oxygens (including phenoxy) is 2. The average Bonchev–Trinajstić information content (AvgIpc) is 3.27. The maximum absolute atomic E-state index is 13.8. The number of esters is 2. The fourth-order valence-corrected chi connectivity index (χ4v) is 12.7. The SMILES string of the molecule is CNC[C@H](O)[C@@]12CC[C@]3(C)[C@H](CC[C@@H]4[C@@]5(C)CC[C@H](OC(=O)CC(C)(C)C(=O)OC(C)(C)C)C(C)(C)[C@@H]5CC[C@]43C)C1=C(C(C)C)C(=O)C2. The van der Waals surface area contributed by atoms with E-state index in [1.54, 1.807) is 13.8 Å². The van der Waals surface area contributed by atoms with Crippen LogP contribution in [0.2, 0.25) is 0 Å². The highest BCUT2D eigenvalue weighted by atomic mass is 16.6. The largest absolute Gasteiger partial charge is 0.462 e. The Labute approximate surface area is 297 Å². The Balaban J connectivity index is 1.40. The molecule has 9 atom stereocenters. The van der Waals surface area contributed by atoms with Crippen molar-refractivity contribution in [1.82, 2.24) is 5.32 Å². The number of hydrogen-bond acceptors (Lipinski definition) is 7. The molecule has 7 heteroatoms. The van der Waals surface area contributed by atoms with Crippen LogP contribution in [-0.4, -0.2) is 54.2 Å². The van der Waals surface area contributed by atoms with Crippen LogP contribution in [0.1, 0.15) is 147 Å². The summed E-state index contributed by atoms with van der Waals surface area (Å²) in [5.41, 5.74) is 0.340. The zero-order chi connectivity index (χ0) is 36.8. The Morgan fingerprint density at radius 3 is 2.14 bits per heavy atom. The van der Waals surface area contributed by atoms with Crippen LogP contribution in [0.15, 0.2) is 11.1 Å². The summed E-state index contributed by atoms with van der Waals surface area (Å²) < 4.78 is 11.9. The fourth-order valence-electron chi connectivity index (χ4n) is 12.7. The van der Waals surface area contributed by atoms with Gasteiger partial charge in [-0.2, -0.15) is 0 Å². The van der Waals surface area contributed by atoms with E-state index in [1.807, 2.05) is 27.8 Å². The summed E-state index contributed by atoms with van der Waals surface area (Å²) in [5.74, 6) is 0.948. The van der Waals surface area contributed by atoms with Gasteiger partial charge in [-0.25, -0.2) is 0 Å². The van der Waals surface area contributed by atoms with Gasteiger partial charge in [-0.3, -0.25) is 14.4 Å². The van der Waals surface area contributed by atoms with E-state index < -0.39 is 22.5 Å². The van der Waals surface area contributed by atoms with Crippen molar-refractivity contribution in [3.63, 3.8) is 0 Å². The quantitative estimate of drug-likeness (QED) is 0.249. The summed E-state index contributed by atoms with van der Waals surface area (Å²) in [6, 6.07) is 0. The van der Waals surface area contributed by atoms with E-state index in [0.29, 0.717) is 30.7 Å². The minimum atomic E-state index is -0.964. The highest BCUT2D eigenvalue weighted by Crippen LogP contribution is 2.77. The number of Topliss-reactive ketones (excluding diaryl/α,β-unsaturated/α-hetero) is 1. The molecule has 4 fully saturated rings. The molecule has 0 aromatic heterocycles. The first kappa shape index (κ1) is 38.5. The van der Waals surface area contributed by atoms with E-state index in [2.05, 4.69) is 53.8 Å². The summed E-state index contributed by atoms with van der Waals surface area (Å²) in [7, 11) is 1.89. The lowest BCUT2D eigenvalue weighted by atomic mass is 9.33. The fraction of sp³-hybridized carbons (Fsp3) is 0.881. The second-order valence-electron chi connectivity index (χ2n) is 20.3. The van der Waals surface area contributed by atoms with Gasteiger partial charge in [0, 0.05) is 23.8 Å². The maximum Gasteiger partial charge on any atom is 0.312 e. The number of aliphatic hydroxyl groups excluding tert-OH is 1. The molecule has 49 heavy (non-hydrogen) atoms. The predicted molar refractivity (Wildman–Crippen MR) is 193 cm³/mol. The van der Waals surface area contributed by atoms with Crippen molar-refractivity contribution >= 4 is 17.7 Å². The molecule has 7 nitrogen and oxygen atoms in total. The third kappa shape index (κ3) is 5.97. The summed E-state index contributed by atoms with van der Waals surface area (Å²) in [5, 5.41) is 14.9. The lowest BCUT2D eigenvalue weighted by Gasteiger charge is -2.72. The van der Waals surface area contributed by atoms with Crippen molar-refractivity contribution in [2.45, 2.75) is 165 Å². The van der Waals surface area contributed by atoms with Gasteiger partial charge in [-0.15, -0.1) is 0 Å². The zero-order valence-corrected chi connectivity index (χ0v) is 33.2. The van der Waals surface area contributed by atoms with E-state index in [-0.39, 0.29) is 57.8 Å². The van der Waals surface area contributed by atoms with Crippen molar-refractivity contribution in [1.29, 1.82) is 0 Å². The normalized spacial score (nSPS) is 39.4. The van der Waals surface area contributed by atoms with Crippen LogP contribution in [0.4, 0.5) is 0 Å². The van der Waals surface area contributed by atoms with E-state index in [0.717, 1.165) is 56.9 Å². The number of hydrogen-bond donors (Lipinski definition) is 2. The number of likely N-dealkylation sites (N-methyl/N-ethyl adjacent to an activating group) is 1. The van der Waals surface area contributed by atoms with Crippen LogP contribution < -0.4 is 5.32 Å². The van der Waals surface area contributed by atoms with Crippen LogP contribution in [-0.2, 0) is 23.9 Å². The number of allylic oxidation sites excluding steroid dienone is 1. The second-order valence-corrected chi connectivity index (χ2v) is 20.3. The number of carbonyl (C=O) groups excluding carboxylic acids is 3. The zero-order valence-electron chi connectivity index (χ0n) is 33.2. The molecule has 4 saturated carbocycles. The van der Waals surface area contributed by atoms with Gasteiger partial charge in [0.25, 0.3) is 0 Å². The molecule has 0 amide bonds. The highest BCUT2D eigenvalue weighted by molar-refractivity contribution is 6.00. The third-order valence-electron chi connectivity index (χ3n) is 15.3. The van der Waals surface area contributed by atoms with Gasteiger partial charge in [0.15, 0.2) is 5.78 Å². The summed E-state index contributed by atoms with van der Waals surface area (Å²) >= 11 is 0. The van der Waals surface area contributed by atoms with E-state index in [9.17, 15) is 19.5 Å².